The maximum absolute atomic E-state index is 12.9. The minimum Gasteiger partial charge on any atom is -0.381 e. The Morgan fingerprint density at radius 2 is 2.19 bits per heavy atom. The number of hydrogen-bond acceptors (Lipinski definition) is 5. The van der Waals surface area contributed by atoms with E-state index in [1.165, 1.54) is 12.3 Å². The van der Waals surface area contributed by atoms with Crippen molar-refractivity contribution in [2.24, 2.45) is 0 Å². The number of nitrogens with zero attached hydrogens (tertiary/aromatic N) is 5. The minimum absolute atomic E-state index is 0.200. The molecule has 7 heteroatoms. The SMILES string of the molecule is CC(C)n1cc(C2(O)CCN(c3ccc(F)cn3)C2)nn1. The molecule has 0 bridgehead atoms. The predicted molar refractivity (Wildman–Crippen MR) is 75.3 cm³/mol. The molecule has 0 radical (unpaired) electrons. The van der Waals surface area contributed by atoms with Gasteiger partial charge in [0.25, 0.3) is 0 Å². The molecule has 21 heavy (non-hydrogen) atoms. The zero-order chi connectivity index (χ0) is 15.0. The predicted octanol–water partition coefficient (Wildman–Crippen LogP) is 1.49. The molecule has 1 aliphatic rings. The first-order valence-corrected chi connectivity index (χ1v) is 6.99. The highest BCUT2D eigenvalue weighted by atomic mass is 19.1. The van der Waals surface area contributed by atoms with Crippen LogP contribution in [0.3, 0.4) is 0 Å². The largest absolute Gasteiger partial charge is 0.381 e. The lowest BCUT2D eigenvalue weighted by atomic mass is 10.00. The van der Waals surface area contributed by atoms with Gasteiger partial charge in [-0.05, 0) is 26.0 Å². The van der Waals surface area contributed by atoms with Crippen LogP contribution in [0, 0.1) is 5.82 Å². The van der Waals surface area contributed by atoms with E-state index in [2.05, 4.69) is 15.3 Å². The van der Waals surface area contributed by atoms with Gasteiger partial charge in [0.1, 0.15) is 22.9 Å². The van der Waals surface area contributed by atoms with Gasteiger partial charge in [-0.2, -0.15) is 0 Å². The maximum atomic E-state index is 12.9. The van der Waals surface area contributed by atoms with Crippen molar-refractivity contribution in [2.75, 3.05) is 18.0 Å². The fraction of sp³-hybridized carbons (Fsp3) is 0.500. The molecule has 0 aliphatic carbocycles. The number of aliphatic hydroxyl groups is 1. The van der Waals surface area contributed by atoms with Crippen LogP contribution < -0.4 is 4.90 Å². The Kier molecular flexibility index (Phi) is 3.36. The Labute approximate surface area is 122 Å². The quantitative estimate of drug-likeness (QED) is 0.928. The molecule has 6 nitrogen and oxygen atoms in total. The van der Waals surface area contributed by atoms with Gasteiger partial charge in [0.2, 0.25) is 0 Å². The summed E-state index contributed by atoms with van der Waals surface area (Å²) in [7, 11) is 0. The van der Waals surface area contributed by atoms with Crippen molar-refractivity contribution in [3.05, 3.63) is 36.0 Å². The normalized spacial score (nSPS) is 22.2. The summed E-state index contributed by atoms with van der Waals surface area (Å²) in [5, 5.41) is 18.9. The van der Waals surface area contributed by atoms with Crippen molar-refractivity contribution < 1.29 is 9.50 Å². The molecule has 1 unspecified atom stereocenters. The zero-order valence-corrected chi connectivity index (χ0v) is 12.1. The van der Waals surface area contributed by atoms with Crippen LogP contribution in [-0.2, 0) is 5.60 Å². The van der Waals surface area contributed by atoms with Gasteiger partial charge in [-0.3, -0.25) is 0 Å². The second-order valence-electron chi connectivity index (χ2n) is 5.72. The smallest absolute Gasteiger partial charge is 0.141 e. The maximum Gasteiger partial charge on any atom is 0.141 e. The minimum atomic E-state index is -1.04. The van der Waals surface area contributed by atoms with Crippen LogP contribution in [0.1, 0.15) is 32.0 Å². The number of rotatable bonds is 3. The van der Waals surface area contributed by atoms with Gasteiger partial charge >= 0.3 is 0 Å². The topological polar surface area (TPSA) is 67.1 Å². The Morgan fingerprint density at radius 1 is 1.38 bits per heavy atom. The van der Waals surface area contributed by atoms with E-state index in [9.17, 15) is 9.50 Å². The summed E-state index contributed by atoms with van der Waals surface area (Å²) in [5.41, 5.74) is -0.468. The Morgan fingerprint density at radius 3 is 2.81 bits per heavy atom. The van der Waals surface area contributed by atoms with Gasteiger partial charge in [-0.1, -0.05) is 5.21 Å². The molecule has 112 valence electrons. The Hall–Kier alpha value is -2.02. The van der Waals surface area contributed by atoms with Gasteiger partial charge in [-0.25, -0.2) is 14.1 Å². The second-order valence-corrected chi connectivity index (χ2v) is 5.72. The number of anilines is 1. The number of aromatic nitrogens is 4. The van der Waals surface area contributed by atoms with Crippen molar-refractivity contribution in [1.82, 2.24) is 20.0 Å². The van der Waals surface area contributed by atoms with Crippen molar-refractivity contribution in [2.45, 2.75) is 31.9 Å². The highest BCUT2D eigenvalue weighted by Gasteiger charge is 2.40. The van der Waals surface area contributed by atoms with Gasteiger partial charge in [0, 0.05) is 19.0 Å². The molecular formula is C14H18FN5O. The van der Waals surface area contributed by atoms with Crippen molar-refractivity contribution in [1.29, 1.82) is 0 Å². The average molecular weight is 291 g/mol. The fourth-order valence-corrected chi connectivity index (χ4v) is 2.50. The molecule has 0 saturated carbocycles. The van der Waals surface area contributed by atoms with E-state index >= 15 is 0 Å². The summed E-state index contributed by atoms with van der Waals surface area (Å²) in [6.07, 6.45) is 3.51. The molecule has 0 aromatic carbocycles. The summed E-state index contributed by atoms with van der Waals surface area (Å²) in [5.74, 6) is 0.289. The van der Waals surface area contributed by atoms with Gasteiger partial charge in [0.05, 0.1) is 18.9 Å². The van der Waals surface area contributed by atoms with Crippen LogP contribution >= 0.6 is 0 Å². The second kappa shape index (κ2) is 5.07. The van der Waals surface area contributed by atoms with Gasteiger partial charge < -0.3 is 10.0 Å². The van der Waals surface area contributed by atoms with E-state index in [0.717, 1.165) is 0 Å². The van der Waals surface area contributed by atoms with Crippen molar-refractivity contribution in [3.63, 3.8) is 0 Å². The van der Waals surface area contributed by atoms with Crippen LogP contribution in [0.2, 0.25) is 0 Å². The Balaban J connectivity index is 1.79. The highest BCUT2D eigenvalue weighted by Crippen LogP contribution is 2.32. The van der Waals surface area contributed by atoms with Gasteiger partial charge in [0.15, 0.2) is 0 Å². The van der Waals surface area contributed by atoms with Crippen molar-refractivity contribution in [3.8, 4) is 0 Å². The van der Waals surface area contributed by atoms with E-state index in [-0.39, 0.29) is 11.9 Å². The van der Waals surface area contributed by atoms with Crippen molar-refractivity contribution >= 4 is 5.82 Å². The number of hydrogen-bond donors (Lipinski definition) is 1. The third-order valence-corrected chi connectivity index (χ3v) is 3.80. The van der Waals surface area contributed by atoms with E-state index < -0.39 is 5.60 Å². The van der Waals surface area contributed by atoms with E-state index in [4.69, 9.17) is 0 Å². The first kappa shape index (κ1) is 13.9. The average Bonchev–Trinajstić information content (AvgIpc) is 3.07. The number of halogens is 1. The third kappa shape index (κ3) is 2.61. The molecule has 1 fully saturated rings. The zero-order valence-electron chi connectivity index (χ0n) is 12.1. The molecule has 1 saturated heterocycles. The first-order valence-electron chi connectivity index (χ1n) is 6.99. The summed E-state index contributed by atoms with van der Waals surface area (Å²) < 4.78 is 14.6. The van der Waals surface area contributed by atoms with Crippen LogP contribution in [0.5, 0.6) is 0 Å². The Bertz CT molecular complexity index is 627. The summed E-state index contributed by atoms with van der Waals surface area (Å²) in [6, 6.07) is 3.19. The summed E-state index contributed by atoms with van der Waals surface area (Å²) >= 11 is 0. The van der Waals surface area contributed by atoms with E-state index in [0.29, 0.717) is 31.0 Å². The molecule has 2 aromatic heterocycles. The molecule has 0 amide bonds. The first-order chi connectivity index (χ1) is 9.98. The van der Waals surface area contributed by atoms with Crippen LogP contribution in [0.4, 0.5) is 10.2 Å². The summed E-state index contributed by atoms with van der Waals surface area (Å²) in [6.45, 7) is 5.03. The molecular weight excluding hydrogens is 273 g/mol. The molecule has 1 N–H and O–H groups in total. The van der Waals surface area contributed by atoms with E-state index in [1.54, 1.807) is 16.9 Å². The molecule has 0 spiro atoms. The fourth-order valence-electron chi connectivity index (χ4n) is 2.50. The molecule has 1 aliphatic heterocycles. The summed E-state index contributed by atoms with van der Waals surface area (Å²) in [4.78, 5) is 5.98. The number of β-amino-alcohol motifs (C(OH)–C–C–N with tert-alkyl or cyclic N) is 1. The third-order valence-electron chi connectivity index (χ3n) is 3.80. The lowest BCUT2D eigenvalue weighted by Gasteiger charge is -2.21. The van der Waals surface area contributed by atoms with E-state index in [1.807, 2.05) is 18.7 Å². The lowest BCUT2D eigenvalue weighted by Crippen LogP contribution is -2.31. The molecule has 3 heterocycles. The number of pyridine rings is 1. The highest BCUT2D eigenvalue weighted by molar-refractivity contribution is 5.41. The lowest BCUT2D eigenvalue weighted by molar-refractivity contribution is 0.0559. The van der Waals surface area contributed by atoms with Gasteiger partial charge in [-0.15, -0.1) is 5.10 Å². The van der Waals surface area contributed by atoms with Crippen LogP contribution in [0.15, 0.2) is 24.5 Å². The van der Waals surface area contributed by atoms with Crippen LogP contribution in [0.25, 0.3) is 0 Å². The molecule has 1 atom stereocenters. The molecule has 3 rings (SSSR count). The van der Waals surface area contributed by atoms with Crippen LogP contribution in [-0.4, -0.2) is 38.2 Å². The molecule has 2 aromatic rings. The standard InChI is InChI=1S/C14H18FN5O/c1-10(2)20-8-12(17-18-20)14(21)5-6-19(9-14)13-4-3-11(15)7-16-13/h3-4,7-8,10,21H,5-6,9H2,1-2H3. The monoisotopic (exact) mass is 291 g/mol.